The number of thioether (sulfide) groups is 1. The van der Waals surface area contributed by atoms with Crippen LogP contribution in [0.2, 0.25) is 5.02 Å². The van der Waals surface area contributed by atoms with Crippen molar-refractivity contribution in [2.45, 2.75) is 6.92 Å². The first kappa shape index (κ1) is 20.0. The van der Waals surface area contributed by atoms with E-state index < -0.39 is 0 Å². The van der Waals surface area contributed by atoms with E-state index in [0.717, 1.165) is 5.56 Å². The predicted octanol–water partition coefficient (Wildman–Crippen LogP) is 5.45. The van der Waals surface area contributed by atoms with Crippen LogP contribution in [0.5, 0.6) is 0 Å². The number of furan rings is 1. The minimum absolute atomic E-state index is 0.141. The third kappa shape index (κ3) is 4.64. The van der Waals surface area contributed by atoms with Crippen molar-refractivity contribution in [1.29, 1.82) is 0 Å². The number of anilines is 1. The van der Waals surface area contributed by atoms with Gasteiger partial charge in [0.05, 0.1) is 15.6 Å². The fourth-order valence-corrected chi connectivity index (χ4v) is 3.84. The minimum Gasteiger partial charge on any atom is -0.457 e. The summed E-state index contributed by atoms with van der Waals surface area (Å²) in [7, 11) is 0. The molecule has 1 fully saturated rings. The molecule has 0 unspecified atom stereocenters. The van der Waals surface area contributed by atoms with Crippen LogP contribution in [0.15, 0.2) is 75.0 Å². The van der Waals surface area contributed by atoms with Crippen LogP contribution < -0.4 is 10.6 Å². The Morgan fingerprint density at radius 2 is 1.90 bits per heavy atom. The third-order valence-electron chi connectivity index (χ3n) is 4.11. The highest BCUT2D eigenvalue weighted by Crippen LogP contribution is 2.32. The Morgan fingerprint density at radius 1 is 1.13 bits per heavy atom. The molecule has 1 aromatic heterocycles. The average Bonchev–Trinajstić information content (AvgIpc) is 3.30. The summed E-state index contributed by atoms with van der Waals surface area (Å²) in [5, 5.41) is 6.50. The van der Waals surface area contributed by atoms with E-state index in [2.05, 4.69) is 15.6 Å². The van der Waals surface area contributed by atoms with E-state index in [4.69, 9.17) is 16.0 Å². The molecular weight excluding hydrogens is 422 g/mol. The number of nitrogens with zero attached hydrogens (tertiary/aromatic N) is 1. The van der Waals surface area contributed by atoms with E-state index in [9.17, 15) is 9.59 Å². The van der Waals surface area contributed by atoms with Crippen molar-refractivity contribution in [2.75, 3.05) is 5.32 Å². The van der Waals surface area contributed by atoms with Crippen molar-refractivity contribution >= 4 is 57.8 Å². The number of benzene rings is 2. The van der Waals surface area contributed by atoms with Crippen LogP contribution in [-0.4, -0.2) is 17.0 Å². The summed E-state index contributed by atoms with van der Waals surface area (Å²) in [5.74, 6) is 0.787. The van der Waals surface area contributed by atoms with Gasteiger partial charge in [0.25, 0.3) is 5.91 Å². The lowest BCUT2D eigenvalue weighted by Gasteiger charge is -2.02. The zero-order chi connectivity index (χ0) is 21.1. The number of carbonyl (C=O) groups is 2. The number of rotatable bonds is 4. The molecule has 1 aliphatic heterocycles. The summed E-state index contributed by atoms with van der Waals surface area (Å²) in [4.78, 5) is 28.3. The molecule has 3 aromatic rings. The Bertz CT molecular complexity index is 1180. The van der Waals surface area contributed by atoms with E-state index in [1.54, 1.807) is 42.5 Å². The molecular formula is C22H16ClN3O3S. The highest BCUT2D eigenvalue weighted by atomic mass is 35.5. The lowest BCUT2D eigenvalue weighted by Crippen LogP contribution is -2.19. The summed E-state index contributed by atoms with van der Waals surface area (Å²) < 4.78 is 5.83. The lowest BCUT2D eigenvalue weighted by molar-refractivity contribution is -0.115. The first-order valence-electron chi connectivity index (χ1n) is 9.00. The molecule has 0 atom stereocenters. The number of halogens is 1. The lowest BCUT2D eigenvalue weighted by atomic mass is 10.2. The topological polar surface area (TPSA) is 83.7 Å². The number of hydrogen-bond donors (Lipinski definition) is 2. The molecule has 4 rings (SSSR count). The second-order valence-electron chi connectivity index (χ2n) is 6.39. The predicted molar refractivity (Wildman–Crippen MR) is 121 cm³/mol. The molecule has 2 aromatic carbocycles. The van der Waals surface area contributed by atoms with Gasteiger partial charge >= 0.3 is 0 Å². The number of amides is 2. The Morgan fingerprint density at radius 3 is 2.63 bits per heavy atom. The molecule has 0 radical (unpaired) electrons. The minimum atomic E-state index is -0.246. The van der Waals surface area contributed by atoms with Gasteiger partial charge in [-0.2, -0.15) is 0 Å². The number of nitrogens with one attached hydrogen (secondary N) is 2. The highest BCUT2D eigenvalue weighted by Gasteiger charge is 2.24. The number of carbonyl (C=O) groups excluding carboxylic acids is 2. The van der Waals surface area contributed by atoms with Crippen molar-refractivity contribution in [1.82, 2.24) is 5.32 Å². The largest absolute Gasteiger partial charge is 0.457 e. The fourth-order valence-electron chi connectivity index (χ4n) is 2.79. The van der Waals surface area contributed by atoms with Crippen LogP contribution in [0.3, 0.4) is 0 Å². The normalized spacial score (nSPS) is 16.1. The molecule has 2 N–H and O–H groups in total. The summed E-state index contributed by atoms with van der Waals surface area (Å²) >= 11 is 7.44. The van der Waals surface area contributed by atoms with Gasteiger partial charge in [-0.3, -0.25) is 9.59 Å². The maximum atomic E-state index is 12.3. The maximum Gasteiger partial charge on any atom is 0.264 e. The second kappa shape index (κ2) is 8.61. The molecule has 0 saturated carbocycles. The molecule has 2 heterocycles. The van der Waals surface area contributed by atoms with Crippen molar-refractivity contribution in [2.24, 2.45) is 4.99 Å². The molecule has 0 bridgehead atoms. The summed E-state index contributed by atoms with van der Waals surface area (Å²) in [5.41, 5.74) is 2.13. The van der Waals surface area contributed by atoms with Crippen LogP contribution in [0, 0.1) is 0 Å². The van der Waals surface area contributed by atoms with Crippen molar-refractivity contribution in [3.63, 3.8) is 0 Å². The summed E-state index contributed by atoms with van der Waals surface area (Å²) in [6.45, 7) is 1.45. The fraction of sp³-hybridized carbons (Fsp3) is 0.0455. The average molecular weight is 438 g/mol. The van der Waals surface area contributed by atoms with Gasteiger partial charge in [0.2, 0.25) is 5.91 Å². The zero-order valence-electron chi connectivity index (χ0n) is 15.8. The second-order valence-corrected chi connectivity index (χ2v) is 7.83. The van der Waals surface area contributed by atoms with Crippen LogP contribution in [-0.2, 0) is 9.59 Å². The molecule has 0 spiro atoms. The van der Waals surface area contributed by atoms with Crippen LogP contribution in [0.4, 0.5) is 11.4 Å². The van der Waals surface area contributed by atoms with E-state index >= 15 is 0 Å². The van der Waals surface area contributed by atoms with Gasteiger partial charge < -0.3 is 15.1 Å². The molecule has 2 amide bonds. The SMILES string of the molecule is CC(=O)Nc1ccc(N=C2NC(=O)C(=Cc3ccc(-c4ccccc4Cl)o3)S2)cc1. The monoisotopic (exact) mass is 437 g/mol. The van der Waals surface area contributed by atoms with Crippen molar-refractivity contribution in [3.05, 3.63) is 76.4 Å². The smallest absolute Gasteiger partial charge is 0.264 e. The van der Waals surface area contributed by atoms with E-state index in [0.29, 0.717) is 38.0 Å². The van der Waals surface area contributed by atoms with Crippen LogP contribution in [0.25, 0.3) is 17.4 Å². The summed E-state index contributed by atoms with van der Waals surface area (Å²) in [6, 6.07) is 18.0. The van der Waals surface area contributed by atoms with Gasteiger partial charge in [0.15, 0.2) is 5.17 Å². The van der Waals surface area contributed by atoms with E-state index in [1.807, 2.05) is 24.3 Å². The zero-order valence-corrected chi connectivity index (χ0v) is 17.4. The molecule has 30 heavy (non-hydrogen) atoms. The Balaban J connectivity index is 1.50. The van der Waals surface area contributed by atoms with E-state index in [-0.39, 0.29) is 11.8 Å². The van der Waals surface area contributed by atoms with Gasteiger partial charge in [-0.1, -0.05) is 23.7 Å². The van der Waals surface area contributed by atoms with Gasteiger partial charge in [-0.15, -0.1) is 0 Å². The van der Waals surface area contributed by atoms with E-state index in [1.165, 1.54) is 18.7 Å². The molecule has 8 heteroatoms. The molecule has 1 saturated heterocycles. The molecule has 1 aliphatic rings. The Hall–Kier alpha value is -3.29. The van der Waals surface area contributed by atoms with Crippen molar-refractivity contribution < 1.29 is 14.0 Å². The van der Waals surface area contributed by atoms with Gasteiger partial charge in [-0.05, 0) is 60.3 Å². The van der Waals surface area contributed by atoms with Gasteiger partial charge in [0, 0.05) is 24.3 Å². The first-order valence-corrected chi connectivity index (χ1v) is 10.2. The third-order valence-corrected chi connectivity index (χ3v) is 5.35. The highest BCUT2D eigenvalue weighted by molar-refractivity contribution is 8.18. The maximum absolute atomic E-state index is 12.3. The number of amidine groups is 1. The first-order chi connectivity index (χ1) is 14.5. The van der Waals surface area contributed by atoms with Crippen LogP contribution in [0.1, 0.15) is 12.7 Å². The molecule has 6 nitrogen and oxygen atoms in total. The molecule has 150 valence electrons. The van der Waals surface area contributed by atoms with Gasteiger partial charge in [-0.25, -0.2) is 4.99 Å². The quantitative estimate of drug-likeness (QED) is 0.531. The summed E-state index contributed by atoms with van der Waals surface area (Å²) in [6.07, 6.45) is 1.67. The van der Waals surface area contributed by atoms with Gasteiger partial charge in [0.1, 0.15) is 11.5 Å². The van der Waals surface area contributed by atoms with Crippen molar-refractivity contribution in [3.8, 4) is 11.3 Å². The Kier molecular flexibility index (Phi) is 5.74. The molecule has 0 aliphatic carbocycles. The Labute approximate surface area is 182 Å². The number of aliphatic imine (C=N–C) groups is 1. The van der Waals surface area contributed by atoms with Crippen LogP contribution >= 0.6 is 23.4 Å². The number of hydrogen-bond acceptors (Lipinski definition) is 5. The standard InChI is InChI=1S/C22H16ClN3O3S/c1-13(27)24-14-6-8-15(9-7-14)25-22-26-21(28)20(30-22)12-16-10-11-19(29-16)17-4-2-3-5-18(17)23/h2-12H,1H3,(H,24,27)(H,25,26,28).